The van der Waals surface area contributed by atoms with E-state index in [1.807, 2.05) is 0 Å². The third-order valence-corrected chi connectivity index (χ3v) is 1.63. The molecule has 0 aliphatic rings. The zero-order valence-corrected chi connectivity index (χ0v) is 6.78. The van der Waals surface area contributed by atoms with Gasteiger partial charge >= 0.3 is 5.38 Å². The van der Waals surface area contributed by atoms with E-state index in [0.717, 1.165) is 12.1 Å². The van der Waals surface area contributed by atoms with Crippen molar-refractivity contribution in [1.29, 1.82) is 0 Å². The van der Waals surface area contributed by atoms with Crippen LogP contribution in [0.2, 0.25) is 0 Å². The number of benzene rings is 1. The lowest BCUT2D eigenvalue weighted by Crippen LogP contribution is -2.03. The molecule has 0 fully saturated rings. The first-order chi connectivity index (χ1) is 5.54. The lowest BCUT2D eigenvalue weighted by Gasteiger charge is -2.07. The average Bonchev–Trinajstić information content (AvgIpc) is 2.03. The normalized spacial score (nSPS) is 11.7. The summed E-state index contributed by atoms with van der Waals surface area (Å²) in [6.45, 7) is -0.763. The highest BCUT2D eigenvalue weighted by atomic mass is 35.5. The van der Waals surface area contributed by atoms with Crippen LogP contribution in [0.1, 0.15) is 11.1 Å². The first-order valence-electron chi connectivity index (χ1n) is 3.26. The molecule has 0 aromatic heterocycles. The predicted octanol–water partition coefficient (Wildman–Crippen LogP) is 3.44. The minimum absolute atomic E-state index is 0.202. The van der Waals surface area contributed by atoms with Crippen LogP contribution in [-0.2, 0) is 12.1 Å². The summed E-state index contributed by atoms with van der Waals surface area (Å²) in [7, 11) is 0. The lowest BCUT2D eigenvalue weighted by molar-refractivity contribution is 0.0950. The maximum Gasteiger partial charge on any atom is 0.348 e. The summed E-state index contributed by atoms with van der Waals surface area (Å²) in [6.07, 6.45) is 0. The van der Waals surface area contributed by atoms with Gasteiger partial charge in [0.1, 0.15) is 6.67 Å². The van der Waals surface area contributed by atoms with Crippen molar-refractivity contribution in [3.63, 3.8) is 0 Å². The molecule has 0 nitrogen and oxygen atoms in total. The van der Waals surface area contributed by atoms with Crippen molar-refractivity contribution in [3.8, 4) is 0 Å². The Balaban J connectivity index is 3.02. The molecule has 1 aromatic rings. The molecule has 0 aliphatic heterocycles. The molecule has 1 aromatic carbocycles. The minimum atomic E-state index is -3.41. The highest BCUT2D eigenvalue weighted by molar-refractivity contribution is 6.21. The molecule has 0 spiro atoms. The SMILES string of the molecule is FCc1cccc(C(F)(F)Cl)c1. The van der Waals surface area contributed by atoms with E-state index in [-0.39, 0.29) is 11.1 Å². The van der Waals surface area contributed by atoms with Gasteiger partial charge < -0.3 is 0 Å². The fourth-order valence-corrected chi connectivity index (χ4v) is 0.948. The monoisotopic (exact) mass is 194 g/mol. The van der Waals surface area contributed by atoms with Gasteiger partial charge in [0.25, 0.3) is 0 Å². The maximum atomic E-state index is 12.4. The second-order valence-electron chi connectivity index (χ2n) is 2.33. The van der Waals surface area contributed by atoms with E-state index in [4.69, 9.17) is 11.6 Å². The van der Waals surface area contributed by atoms with Gasteiger partial charge in [-0.05, 0) is 23.2 Å². The molecule has 0 atom stereocenters. The fourth-order valence-electron chi connectivity index (χ4n) is 0.831. The topological polar surface area (TPSA) is 0 Å². The van der Waals surface area contributed by atoms with Crippen LogP contribution in [0.25, 0.3) is 0 Å². The van der Waals surface area contributed by atoms with Crippen LogP contribution in [0, 0.1) is 0 Å². The van der Waals surface area contributed by atoms with Crippen LogP contribution >= 0.6 is 11.6 Å². The first-order valence-corrected chi connectivity index (χ1v) is 3.64. The van der Waals surface area contributed by atoms with Gasteiger partial charge in [0.2, 0.25) is 0 Å². The number of rotatable bonds is 2. The molecule has 0 amide bonds. The standard InChI is InChI=1S/C8H6ClF3/c9-8(11,12)7-3-1-2-6(4-7)5-10/h1-4H,5H2. The van der Waals surface area contributed by atoms with Gasteiger partial charge in [-0.3, -0.25) is 0 Å². The van der Waals surface area contributed by atoms with E-state index < -0.39 is 12.1 Å². The maximum absolute atomic E-state index is 12.4. The second kappa shape index (κ2) is 3.35. The molecule has 0 radical (unpaired) electrons. The minimum Gasteiger partial charge on any atom is -0.246 e. The zero-order chi connectivity index (χ0) is 9.19. The Morgan fingerprint density at radius 1 is 1.33 bits per heavy atom. The van der Waals surface area contributed by atoms with Crippen molar-refractivity contribution in [2.45, 2.75) is 12.1 Å². The summed E-state index contributed by atoms with van der Waals surface area (Å²) >= 11 is 4.73. The number of hydrogen-bond acceptors (Lipinski definition) is 0. The first kappa shape index (κ1) is 9.39. The molecule has 0 bridgehead atoms. The molecule has 0 heterocycles. The molecule has 66 valence electrons. The Morgan fingerprint density at radius 2 is 2.00 bits per heavy atom. The Labute approximate surface area is 73.0 Å². The summed E-state index contributed by atoms with van der Waals surface area (Å²) in [4.78, 5) is 0. The van der Waals surface area contributed by atoms with E-state index in [1.165, 1.54) is 12.1 Å². The van der Waals surface area contributed by atoms with Gasteiger partial charge in [0.15, 0.2) is 0 Å². The smallest absolute Gasteiger partial charge is 0.246 e. The number of halogens is 4. The van der Waals surface area contributed by atoms with Gasteiger partial charge in [0, 0.05) is 5.56 Å². The number of alkyl halides is 4. The van der Waals surface area contributed by atoms with Gasteiger partial charge in [-0.2, -0.15) is 8.78 Å². The third-order valence-electron chi connectivity index (χ3n) is 1.41. The summed E-state index contributed by atoms with van der Waals surface area (Å²) in [5.41, 5.74) is -0.174. The van der Waals surface area contributed by atoms with Crippen molar-refractivity contribution in [2.24, 2.45) is 0 Å². The largest absolute Gasteiger partial charge is 0.348 e. The van der Waals surface area contributed by atoms with Gasteiger partial charge in [-0.25, -0.2) is 4.39 Å². The summed E-state index contributed by atoms with van der Waals surface area (Å²) in [6, 6.07) is 4.98. The van der Waals surface area contributed by atoms with Crippen molar-refractivity contribution in [3.05, 3.63) is 35.4 Å². The highest BCUT2D eigenvalue weighted by Crippen LogP contribution is 2.32. The molecule has 12 heavy (non-hydrogen) atoms. The molecule has 0 saturated carbocycles. The van der Waals surface area contributed by atoms with E-state index >= 15 is 0 Å². The second-order valence-corrected chi connectivity index (χ2v) is 2.81. The Kier molecular flexibility index (Phi) is 2.62. The van der Waals surface area contributed by atoms with Crippen molar-refractivity contribution >= 4 is 11.6 Å². The predicted molar refractivity (Wildman–Crippen MR) is 41.0 cm³/mol. The van der Waals surface area contributed by atoms with Gasteiger partial charge in [0.05, 0.1) is 0 Å². The fraction of sp³-hybridized carbons (Fsp3) is 0.250. The summed E-state index contributed by atoms with van der Waals surface area (Å²) < 4.78 is 36.8. The molecule has 0 unspecified atom stereocenters. The van der Waals surface area contributed by atoms with Crippen LogP contribution in [0.15, 0.2) is 24.3 Å². The van der Waals surface area contributed by atoms with Crippen LogP contribution in [-0.4, -0.2) is 0 Å². The molecule has 1 rings (SSSR count). The van der Waals surface area contributed by atoms with E-state index in [2.05, 4.69) is 0 Å². The van der Waals surface area contributed by atoms with Crippen LogP contribution in [0.3, 0.4) is 0 Å². The molecule has 4 heteroatoms. The number of hydrogen-bond donors (Lipinski definition) is 0. The Bertz CT molecular complexity index is 267. The van der Waals surface area contributed by atoms with E-state index in [1.54, 1.807) is 0 Å². The highest BCUT2D eigenvalue weighted by Gasteiger charge is 2.27. The van der Waals surface area contributed by atoms with Gasteiger partial charge in [-0.1, -0.05) is 18.2 Å². The Morgan fingerprint density at radius 3 is 2.50 bits per heavy atom. The van der Waals surface area contributed by atoms with Crippen LogP contribution < -0.4 is 0 Å². The van der Waals surface area contributed by atoms with E-state index in [9.17, 15) is 13.2 Å². The third kappa shape index (κ3) is 2.14. The Hall–Kier alpha value is -0.700. The van der Waals surface area contributed by atoms with E-state index in [0.29, 0.717) is 0 Å². The molecule has 0 saturated heterocycles. The van der Waals surface area contributed by atoms with Crippen molar-refractivity contribution < 1.29 is 13.2 Å². The van der Waals surface area contributed by atoms with Crippen LogP contribution in [0.5, 0.6) is 0 Å². The average molecular weight is 195 g/mol. The molecular weight excluding hydrogens is 189 g/mol. The molecule has 0 N–H and O–H groups in total. The summed E-state index contributed by atoms with van der Waals surface area (Å²) in [5.74, 6) is 0. The van der Waals surface area contributed by atoms with Crippen molar-refractivity contribution in [2.75, 3.05) is 0 Å². The van der Waals surface area contributed by atoms with Gasteiger partial charge in [-0.15, -0.1) is 0 Å². The lowest BCUT2D eigenvalue weighted by atomic mass is 10.1. The zero-order valence-electron chi connectivity index (χ0n) is 6.03. The summed E-state index contributed by atoms with van der Waals surface area (Å²) in [5, 5.41) is -3.41. The van der Waals surface area contributed by atoms with Crippen LogP contribution in [0.4, 0.5) is 13.2 Å². The quantitative estimate of drug-likeness (QED) is 0.633. The molecular formula is C8H6ClF3. The molecule has 0 aliphatic carbocycles. The van der Waals surface area contributed by atoms with Crippen molar-refractivity contribution in [1.82, 2.24) is 0 Å².